The Labute approximate surface area is 222 Å². The van der Waals surface area contributed by atoms with Gasteiger partial charge in [-0.25, -0.2) is 0 Å². The largest absolute Gasteiger partial charge is 0.500 e. The number of quaternary nitrogens is 1. The lowest BCUT2D eigenvalue weighted by Gasteiger charge is -2.39. The van der Waals surface area contributed by atoms with Crippen molar-refractivity contribution in [1.29, 1.82) is 0 Å². The van der Waals surface area contributed by atoms with Crippen LogP contribution in [0.25, 0.3) is 0 Å². The number of hydrogen-bond donors (Lipinski definition) is 0. The van der Waals surface area contributed by atoms with Gasteiger partial charge in [0.25, 0.3) is 0 Å². The van der Waals surface area contributed by atoms with Gasteiger partial charge in [0.15, 0.2) is 0 Å². The molecule has 0 rings (SSSR count). The third kappa shape index (κ3) is 18.0. The van der Waals surface area contributed by atoms with Crippen LogP contribution in [-0.4, -0.2) is 60.8 Å². The molecule has 0 saturated heterocycles. The van der Waals surface area contributed by atoms with Crippen molar-refractivity contribution in [3.05, 3.63) is 0 Å². The third-order valence-electron chi connectivity index (χ3n) is 7.93. The van der Waals surface area contributed by atoms with Gasteiger partial charge in [-0.15, -0.1) is 0 Å². The second-order valence-electron chi connectivity index (χ2n) is 10.9. The zero-order valence-corrected chi connectivity index (χ0v) is 26.1. The first-order chi connectivity index (χ1) is 17.1. The van der Waals surface area contributed by atoms with Crippen molar-refractivity contribution >= 4 is 8.80 Å². The van der Waals surface area contributed by atoms with Crippen LogP contribution in [0.1, 0.15) is 143 Å². The fourth-order valence-corrected chi connectivity index (χ4v) is 7.51. The summed E-state index contributed by atoms with van der Waals surface area (Å²) < 4.78 is 18.2. The Balaban J connectivity index is 3.98. The van der Waals surface area contributed by atoms with Gasteiger partial charge < -0.3 is 17.8 Å². The monoisotopic (exact) mass is 516 g/mol. The summed E-state index contributed by atoms with van der Waals surface area (Å²) in [5.41, 5.74) is 0. The highest BCUT2D eigenvalue weighted by Crippen LogP contribution is 2.21. The highest BCUT2D eigenvalue weighted by molar-refractivity contribution is 6.60. The Morgan fingerprint density at radius 2 is 0.743 bits per heavy atom. The molecule has 0 spiro atoms. The first-order valence-electron chi connectivity index (χ1n) is 15.6. The molecule has 0 aromatic heterocycles. The minimum Gasteiger partial charge on any atom is -0.377 e. The molecule has 212 valence electrons. The van der Waals surface area contributed by atoms with Crippen molar-refractivity contribution in [2.45, 2.75) is 149 Å². The van der Waals surface area contributed by atoms with Gasteiger partial charge in [-0.2, -0.15) is 0 Å². The summed E-state index contributed by atoms with van der Waals surface area (Å²) in [6.07, 6.45) is 26.7. The fraction of sp³-hybridized carbons (Fsp3) is 1.00. The molecule has 0 unspecified atom stereocenters. The molecule has 35 heavy (non-hydrogen) atoms. The highest BCUT2D eigenvalue weighted by atomic mass is 28.4. The zero-order valence-electron chi connectivity index (χ0n) is 25.1. The summed E-state index contributed by atoms with van der Waals surface area (Å²) >= 11 is 0. The van der Waals surface area contributed by atoms with Crippen molar-refractivity contribution in [2.75, 3.05) is 47.5 Å². The smallest absolute Gasteiger partial charge is 0.377 e. The van der Waals surface area contributed by atoms with E-state index in [1.807, 2.05) is 0 Å². The fourth-order valence-electron chi connectivity index (χ4n) is 5.80. The number of unbranched alkanes of at least 4 members (excludes halogenated alkanes) is 15. The summed E-state index contributed by atoms with van der Waals surface area (Å²) in [7, 11) is 2.75. The molecular formula is C30H66NO3Si+. The van der Waals surface area contributed by atoms with Gasteiger partial charge in [-0.05, 0) is 25.7 Å². The first-order valence-corrected chi connectivity index (χ1v) is 17.5. The van der Waals surface area contributed by atoms with Crippen molar-refractivity contribution < 1.29 is 17.8 Å². The van der Waals surface area contributed by atoms with Crippen molar-refractivity contribution in [2.24, 2.45) is 0 Å². The van der Waals surface area contributed by atoms with E-state index in [4.69, 9.17) is 13.3 Å². The second kappa shape index (κ2) is 24.4. The highest BCUT2D eigenvalue weighted by Gasteiger charge is 2.38. The first kappa shape index (κ1) is 35.1. The molecule has 0 fully saturated rings. The summed E-state index contributed by atoms with van der Waals surface area (Å²) in [6.45, 7) is 12.1. The van der Waals surface area contributed by atoms with Crippen LogP contribution in [0, 0.1) is 0 Å². The Morgan fingerprint density at radius 1 is 0.400 bits per heavy atom. The third-order valence-corrected chi connectivity index (χ3v) is 10.8. The Morgan fingerprint density at radius 3 is 1.09 bits per heavy atom. The van der Waals surface area contributed by atoms with E-state index in [1.165, 1.54) is 146 Å². The van der Waals surface area contributed by atoms with E-state index in [9.17, 15) is 0 Å². The minimum absolute atomic E-state index is 0.920. The molecular weight excluding hydrogens is 450 g/mol. The standard InChI is InChI=1S/C30H66NO3Si/c1-7-10-11-12-13-14-15-16-17-18-19-20-21-22-23-24-28-31(26-8-2,27-9-3)29-25-30-35(32-4,33-5)34-6/h7-30H2,1-6H3/q+1. The Hall–Kier alpha value is 0.0569. The van der Waals surface area contributed by atoms with Gasteiger partial charge in [0, 0.05) is 33.8 Å². The van der Waals surface area contributed by atoms with Gasteiger partial charge in [-0.1, -0.05) is 111 Å². The molecule has 0 atom stereocenters. The molecule has 5 heteroatoms. The number of rotatable bonds is 28. The van der Waals surface area contributed by atoms with E-state index < -0.39 is 8.80 Å². The molecule has 0 saturated carbocycles. The maximum Gasteiger partial charge on any atom is 0.500 e. The Bertz CT molecular complexity index is 418. The van der Waals surface area contributed by atoms with Gasteiger partial charge in [0.1, 0.15) is 0 Å². The van der Waals surface area contributed by atoms with E-state index in [-0.39, 0.29) is 0 Å². The molecule has 0 heterocycles. The lowest BCUT2D eigenvalue weighted by Crippen LogP contribution is -2.51. The maximum atomic E-state index is 5.65. The maximum absolute atomic E-state index is 5.65. The lowest BCUT2D eigenvalue weighted by molar-refractivity contribution is -0.928. The number of hydrogen-bond acceptors (Lipinski definition) is 3. The second-order valence-corrected chi connectivity index (χ2v) is 14.0. The quantitative estimate of drug-likeness (QED) is 0.0589. The molecule has 0 aliphatic carbocycles. The van der Waals surface area contributed by atoms with Crippen LogP contribution in [0.2, 0.25) is 6.04 Å². The topological polar surface area (TPSA) is 27.7 Å². The molecule has 0 aliphatic heterocycles. The van der Waals surface area contributed by atoms with E-state index in [0.717, 1.165) is 12.5 Å². The summed E-state index contributed by atoms with van der Waals surface area (Å²) in [5, 5.41) is 0. The van der Waals surface area contributed by atoms with Crippen molar-refractivity contribution in [3.8, 4) is 0 Å². The van der Waals surface area contributed by atoms with Crippen LogP contribution in [0.4, 0.5) is 0 Å². The predicted octanol–water partition coefficient (Wildman–Crippen LogP) is 9.15. The molecule has 0 radical (unpaired) electrons. The SMILES string of the molecule is CCCCCCCCCCCCCCCCCC[N+](CCC)(CCC)CCC[Si](OC)(OC)OC. The van der Waals surface area contributed by atoms with Crippen molar-refractivity contribution in [3.63, 3.8) is 0 Å². The normalized spacial score (nSPS) is 12.5. The van der Waals surface area contributed by atoms with Crippen LogP contribution < -0.4 is 0 Å². The van der Waals surface area contributed by atoms with E-state index in [1.54, 1.807) is 21.3 Å². The van der Waals surface area contributed by atoms with E-state index >= 15 is 0 Å². The molecule has 0 aliphatic rings. The average molecular weight is 517 g/mol. The lowest BCUT2D eigenvalue weighted by atomic mass is 10.0. The summed E-state index contributed by atoms with van der Waals surface area (Å²) in [6, 6.07) is 0.920. The van der Waals surface area contributed by atoms with Gasteiger partial charge >= 0.3 is 8.80 Å². The van der Waals surface area contributed by atoms with Gasteiger partial charge in [0.05, 0.1) is 26.2 Å². The summed E-state index contributed by atoms with van der Waals surface area (Å²) in [5.74, 6) is 0. The van der Waals surface area contributed by atoms with Crippen LogP contribution >= 0.6 is 0 Å². The zero-order chi connectivity index (χ0) is 26.1. The van der Waals surface area contributed by atoms with Crippen molar-refractivity contribution in [1.82, 2.24) is 0 Å². The molecule has 0 amide bonds. The average Bonchev–Trinajstić information content (AvgIpc) is 2.87. The van der Waals surface area contributed by atoms with Crippen LogP contribution in [0.3, 0.4) is 0 Å². The van der Waals surface area contributed by atoms with Gasteiger partial charge in [0.2, 0.25) is 0 Å². The van der Waals surface area contributed by atoms with E-state index in [0.29, 0.717) is 0 Å². The summed E-state index contributed by atoms with van der Waals surface area (Å²) in [4.78, 5) is 0. The molecule has 0 bridgehead atoms. The minimum atomic E-state index is -2.45. The molecule has 4 nitrogen and oxygen atoms in total. The Kier molecular flexibility index (Phi) is 24.4. The number of nitrogens with zero attached hydrogens (tertiary/aromatic N) is 1. The molecule has 0 aromatic rings. The van der Waals surface area contributed by atoms with E-state index in [2.05, 4.69) is 20.8 Å². The van der Waals surface area contributed by atoms with Crippen LogP contribution in [0.15, 0.2) is 0 Å². The van der Waals surface area contributed by atoms with Crippen LogP contribution in [0.5, 0.6) is 0 Å². The molecule has 0 N–H and O–H groups in total. The molecule has 0 aromatic carbocycles. The predicted molar refractivity (Wildman–Crippen MR) is 156 cm³/mol. The van der Waals surface area contributed by atoms with Gasteiger partial charge in [-0.3, -0.25) is 0 Å². The van der Waals surface area contributed by atoms with Crippen LogP contribution in [-0.2, 0) is 13.3 Å².